The minimum atomic E-state index is -0.241. The van der Waals surface area contributed by atoms with Crippen LogP contribution < -0.4 is 10.1 Å². The summed E-state index contributed by atoms with van der Waals surface area (Å²) < 4.78 is 6.48. The van der Waals surface area contributed by atoms with E-state index >= 15 is 0 Å². The fourth-order valence-electron chi connectivity index (χ4n) is 2.34. The van der Waals surface area contributed by atoms with Crippen LogP contribution in [0.25, 0.3) is 10.8 Å². The van der Waals surface area contributed by atoms with Crippen molar-refractivity contribution in [3.05, 3.63) is 69.7 Å². The van der Waals surface area contributed by atoms with Crippen molar-refractivity contribution in [2.45, 2.75) is 6.92 Å². The summed E-state index contributed by atoms with van der Waals surface area (Å²) in [6.07, 6.45) is 0. The second-order valence-electron chi connectivity index (χ2n) is 5.40. The molecule has 1 amide bonds. The van der Waals surface area contributed by atoms with Gasteiger partial charge in [0.05, 0.1) is 4.47 Å². The van der Waals surface area contributed by atoms with E-state index < -0.39 is 0 Å². The van der Waals surface area contributed by atoms with E-state index in [1.165, 1.54) is 0 Å². The van der Waals surface area contributed by atoms with Gasteiger partial charge in [0.25, 0.3) is 5.91 Å². The predicted molar refractivity (Wildman–Crippen MR) is 102 cm³/mol. The van der Waals surface area contributed by atoms with E-state index in [2.05, 4.69) is 21.2 Å². The number of carbonyl (C=O) groups is 1. The van der Waals surface area contributed by atoms with Gasteiger partial charge in [-0.25, -0.2) is 0 Å². The van der Waals surface area contributed by atoms with Gasteiger partial charge >= 0.3 is 0 Å². The lowest BCUT2D eigenvalue weighted by Gasteiger charge is -2.11. The number of halogens is 2. The van der Waals surface area contributed by atoms with Crippen LogP contribution in [0.4, 0.5) is 5.69 Å². The lowest BCUT2D eigenvalue weighted by molar-refractivity contribution is -0.118. The van der Waals surface area contributed by atoms with E-state index in [0.717, 1.165) is 20.8 Å². The standard InChI is InChI=1S/C19H15BrClNO2/c1-12-6-8-14(10-16(12)21)22-18(23)11-24-17-9-7-13-4-2-3-5-15(13)19(17)20/h2-10H,11H2,1H3,(H,22,23). The van der Waals surface area contributed by atoms with Gasteiger partial charge in [-0.05, 0) is 57.4 Å². The number of carbonyl (C=O) groups excluding carboxylic acids is 1. The number of ether oxygens (including phenoxy) is 1. The molecule has 0 bridgehead atoms. The molecule has 0 atom stereocenters. The van der Waals surface area contributed by atoms with E-state index in [1.54, 1.807) is 6.07 Å². The SMILES string of the molecule is Cc1ccc(NC(=O)COc2ccc3ccccc3c2Br)cc1Cl. The minimum absolute atomic E-state index is 0.0809. The molecule has 0 saturated carbocycles. The molecule has 0 aromatic heterocycles. The number of hydrogen-bond donors (Lipinski definition) is 1. The third-order valence-corrected chi connectivity index (χ3v) is 4.87. The first-order valence-electron chi connectivity index (χ1n) is 7.40. The van der Waals surface area contributed by atoms with Crippen molar-refractivity contribution in [1.82, 2.24) is 0 Å². The first-order valence-corrected chi connectivity index (χ1v) is 8.58. The van der Waals surface area contributed by atoms with Crippen molar-refractivity contribution in [2.24, 2.45) is 0 Å². The van der Waals surface area contributed by atoms with Crippen molar-refractivity contribution < 1.29 is 9.53 Å². The summed E-state index contributed by atoms with van der Waals surface area (Å²) in [4.78, 5) is 12.1. The Morgan fingerprint density at radius 2 is 1.96 bits per heavy atom. The van der Waals surface area contributed by atoms with Crippen LogP contribution in [0.2, 0.25) is 5.02 Å². The Balaban J connectivity index is 1.68. The Hall–Kier alpha value is -2.04. The number of hydrogen-bond acceptors (Lipinski definition) is 2. The second kappa shape index (κ2) is 7.24. The maximum absolute atomic E-state index is 12.1. The fraction of sp³-hybridized carbons (Fsp3) is 0.105. The molecule has 0 saturated heterocycles. The number of benzene rings is 3. The number of nitrogens with one attached hydrogen (secondary N) is 1. The molecule has 3 rings (SSSR count). The Morgan fingerprint density at radius 1 is 1.17 bits per heavy atom. The van der Waals surface area contributed by atoms with Gasteiger partial charge in [0.15, 0.2) is 6.61 Å². The van der Waals surface area contributed by atoms with Crippen LogP contribution in [0.3, 0.4) is 0 Å². The molecule has 3 nitrogen and oxygen atoms in total. The van der Waals surface area contributed by atoms with Crippen LogP contribution in [0, 0.1) is 6.92 Å². The fourth-order valence-corrected chi connectivity index (χ4v) is 3.12. The van der Waals surface area contributed by atoms with E-state index in [4.69, 9.17) is 16.3 Å². The molecule has 5 heteroatoms. The molecule has 0 aliphatic carbocycles. The van der Waals surface area contributed by atoms with Gasteiger partial charge in [0.1, 0.15) is 5.75 Å². The van der Waals surface area contributed by atoms with Crippen LogP contribution in [-0.4, -0.2) is 12.5 Å². The van der Waals surface area contributed by atoms with Gasteiger partial charge in [0.2, 0.25) is 0 Å². The highest BCUT2D eigenvalue weighted by Gasteiger charge is 2.09. The molecule has 3 aromatic rings. The van der Waals surface area contributed by atoms with Crippen molar-refractivity contribution >= 4 is 49.9 Å². The summed E-state index contributed by atoms with van der Waals surface area (Å²) in [5.74, 6) is 0.390. The lowest BCUT2D eigenvalue weighted by Crippen LogP contribution is -2.20. The van der Waals surface area contributed by atoms with Gasteiger partial charge in [-0.3, -0.25) is 4.79 Å². The highest BCUT2D eigenvalue weighted by molar-refractivity contribution is 9.10. The van der Waals surface area contributed by atoms with Gasteiger partial charge in [-0.2, -0.15) is 0 Å². The molecule has 0 unspecified atom stereocenters. The molecule has 0 spiro atoms. The first kappa shape index (κ1) is 16.8. The summed E-state index contributed by atoms with van der Waals surface area (Å²) in [7, 11) is 0. The third kappa shape index (κ3) is 3.71. The molecular formula is C19H15BrClNO2. The molecule has 0 fully saturated rings. The molecular weight excluding hydrogens is 390 g/mol. The van der Waals surface area contributed by atoms with E-state index in [9.17, 15) is 4.79 Å². The highest BCUT2D eigenvalue weighted by Crippen LogP contribution is 2.33. The molecule has 0 aliphatic heterocycles. The molecule has 0 heterocycles. The highest BCUT2D eigenvalue weighted by atomic mass is 79.9. The van der Waals surface area contributed by atoms with Gasteiger partial charge in [-0.15, -0.1) is 0 Å². The lowest BCUT2D eigenvalue weighted by atomic mass is 10.1. The van der Waals surface area contributed by atoms with Gasteiger partial charge < -0.3 is 10.1 Å². The summed E-state index contributed by atoms with van der Waals surface area (Å²) >= 11 is 9.60. The number of aryl methyl sites for hydroxylation is 1. The number of amides is 1. The monoisotopic (exact) mass is 403 g/mol. The average molecular weight is 405 g/mol. The van der Waals surface area contributed by atoms with Crippen molar-refractivity contribution in [2.75, 3.05) is 11.9 Å². The average Bonchev–Trinajstić information content (AvgIpc) is 2.58. The van der Waals surface area contributed by atoms with E-state index in [0.29, 0.717) is 16.5 Å². The van der Waals surface area contributed by atoms with Crippen LogP contribution in [-0.2, 0) is 4.79 Å². The minimum Gasteiger partial charge on any atom is -0.483 e. The Kier molecular flexibility index (Phi) is 5.07. The molecule has 1 N–H and O–H groups in total. The first-order chi connectivity index (χ1) is 11.5. The van der Waals surface area contributed by atoms with Crippen LogP contribution in [0.1, 0.15) is 5.56 Å². The van der Waals surface area contributed by atoms with Gasteiger partial charge in [0, 0.05) is 10.7 Å². The Labute approximate surface area is 153 Å². The van der Waals surface area contributed by atoms with Gasteiger partial charge in [-0.1, -0.05) is 48.0 Å². The number of anilines is 1. The molecule has 3 aromatic carbocycles. The van der Waals surface area contributed by atoms with E-state index in [1.807, 2.05) is 55.5 Å². The molecule has 0 aliphatic rings. The van der Waals surface area contributed by atoms with E-state index in [-0.39, 0.29) is 12.5 Å². The third-order valence-electron chi connectivity index (χ3n) is 3.64. The second-order valence-corrected chi connectivity index (χ2v) is 6.60. The van der Waals surface area contributed by atoms with Crippen molar-refractivity contribution in [1.29, 1.82) is 0 Å². The van der Waals surface area contributed by atoms with Crippen LogP contribution >= 0.6 is 27.5 Å². The summed E-state index contributed by atoms with van der Waals surface area (Å²) in [6, 6.07) is 17.2. The molecule has 0 radical (unpaired) electrons. The smallest absolute Gasteiger partial charge is 0.262 e. The normalized spacial score (nSPS) is 10.6. The Bertz CT molecular complexity index is 911. The number of rotatable bonds is 4. The van der Waals surface area contributed by atoms with Crippen LogP contribution in [0.15, 0.2) is 59.1 Å². The zero-order valence-corrected chi connectivity index (χ0v) is 15.3. The van der Waals surface area contributed by atoms with Crippen molar-refractivity contribution in [3.63, 3.8) is 0 Å². The topological polar surface area (TPSA) is 38.3 Å². The summed E-state index contributed by atoms with van der Waals surface area (Å²) in [5, 5.41) is 5.54. The zero-order chi connectivity index (χ0) is 17.1. The quantitative estimate of drug-likeness (QED) is 0.616. The van der Waals surface area contributed by atoms with Crippen LogP contribution in [0.5, 0.6) is 5.75 Å². The predicted octanol–water partition coefficient (Wildman–Crippen LogP) is 5.58. The summed E-state index contributed by atoms with van der Waals surface area (Å²) in [5.41, 5.74) is 1.61. The largest absolute Gasteiger partial charge is 0.483 e. The zero-order valence-electron chi connectivity index (χ0n) is 13.0. The Morgan fingerprint density at radius 3 is 2.75 bits per heavy atom. The maximum Gasteiger partial charge on any atom is 0.262 e. The summed E-state index contributed by atoms with van der Waals surface area (Å²) in [6.45, 7) is 1.83. The van der Waals surface area contributed by atoms with Crippen molar-refractivity contribution in [3.8, 4) is 5.75 Å². The maximum atomic E-state index is 12.1. The molecule has 24 heavy (non-hydrogen) atoms. The molecule has 122 valence electrons. The number of fused-ring (bicyclic) bond motifs is 1.